The molecule has 0 saturated heterocycles. The Morgan fingerprint density at radius 2 is 1.82 bits per heavy atom. The van der Waals surface area contributed by atoms with Crippen LogP contribution >= 0.6 is 11.8 Å². The number of hydrogen-bond acceptors (Lipinski definition) is 5. The minimum Gasteiger partial charge on any atom is -0.384 e. The fourth-order valence-electron chi connectivity index (χ4n) is 2.08. The van der Waals surface area contributed by atoms with Crippen molar-refractivity contribution in [2.45, 2.75) is 5.16 Å². The third-order valence-electron chi connectivity index (χ3n) is 3.10. The highest BCUT2D eigenvalue weighted by Crippen LogP contribution is 2.27. The predicted molar refractivity (Wildman–Crippen MR) is 87.2 cm³/mol. The Hall–Kier alpha value is -2.18. The van der Waals surface area contributed by atoms with Gasteiger partial charge in [-0.15, -0.1) is 10.2 Å². The Morgan fingerprint density at radius 3 is 2.55 bits per heavy atom. The zero-order chi connectivity index (χ0) is 15.2. The van der Waals surface area contributed by atoms with E-state index in [1.165, 1.54) is 0 Å². The van der Waals surface area contributed by atoms with Gasteiger partial charge in [0.25, 0.3) is 0 Å². The second-order valence-electron chi connectivity index (χ2n) is 4.55. The molecule has 0 radical (unpaired) electrons. The quantitative estimate of drug-likeness (QED) is 0.517. The highest BCUT2D eigenvalue weighted by molar-refractivity contribution is 7.99. The maximum absolute atomic E-state index is 5.11. The fourth-order valence-corrected chi connectivity index (χ4v) is 2.93. The van der Waals surface area contributed by atoms with Gasteiger partial charge in [0, 0.05) is 36.5 Å². The Kier molecular flexibility index (Phi) is 4.82. The number of thioether (sulfide) groups is 1. The number of pyridine rings is 1. The van der Waals surface area contributed by atoms with Crippen LogP contribution in [0.2, 0.25) is 0 Å². The summed E-state index contributed by atoms with van der Waals surface area (Å²) in [5.74, 6) is 1.64. The van der Waals surface area contributed by atoms with Gasteiger partial charge >= 0.3 is 0 Å². The Balaban J connectivity index is 2.04. The van der Waals surface area contributed by atoms with Gasteiger partial charge in [0.05, 0.1) is 6.61 Å². The van der Waals surface area contributed by atoms with Crippen LogP contribution in [0.15, 0.2) is 60.0 Å². The maximum atomic E-state index is 5.11. The van der Waals surface area contributed by atoms with Crippen molar-refractivity contribution in [2.75, 3.05) is 19.5 Å². The molecule has 0 unspecified atom stereocenters. The first-order valence-electron chi connectivity index (χ1n) is 6.93. The van der Waals surface area contributed by atoms with Gasteiger partial charge in [-0.25, -0.2) is 0 Å². The van der Waals surface area contributed by atoms with E-state index in [2.05, 4.69) is 31.9 Å². The Bertz CT molecular complexity index is 716. The summed E-state index contributed by atoms with van der Waals surface area (Å²) < 4.78 is 7.18. The SMILES string of the molecule is COCCSc1nnc(-c2ccncc2)n1-c1ccccc1. The average molecular weight is 312 g/mol. The molecule has 0 aliphatic carbocycles. The lowest BCUT2D eigenvalue weighted by molar-refractivity contribution is 0.218. The van der Waals surface area contributed by atoms with Crippen LogP contribution in [0.25, 0.3) is 17.1 Å². The molecule has 2 heterocycles. The van der Waals surface area contributed by atoms with Crippen molar-refractivity contribution in [3.63, 3.8) is 0 Å². The van der Waals surface area contributed by atoms with Gasteiger partial charge in [-0.2, -0.15) is 0 Å². The average Bonchev–Trinajstić information content (AvgIpc) is 3.01. The van der Waals surface area contributed by atoms with Gasteiger partial charge in [0.2, 0.25) is 0 Å². The third-order valence-corrected chi connectivity index (χ3v) is 4.00. The predicted octanol–water partition coefficient (Wildman–Crippen LogP) is 3.07. The van der Waals surface area contributed by atoms with Crippen LogP contribution in [0.3, 0.4) is 0 Å². The number of para-hydroxylation sites is 1. The molecule has 112 valence electrons. The molecule has 0 bridgehead atoms. The van der Waals surface area contributed by atoms with Crippen LogP contribution < -0.4 is 0 Å². The van der Waals surface area contributed by atoms with Gasteiger partial charge in [-0.05, 0) is 24.3 Å². The van der Waals surface area contributed by atoms with Crippen molar-refractivity contribution in [3.8, 4) is 17.1 Å². The lowest BCUT2D eigenvalue weighted by Gasteiger charge is -2.10. The lowest BCUT2D eigenvalue weighted by Crippen LogP contribution is -2.01. The van der Waals surface area contributed by atoms with E-state index < -0.39 is 0 Å². The van der Waals surface area contributed by atoms with Crippen LogP contribution in [0.5, 0.6) is 0 Å². The van der Waals surface area contributed by atoms with Gasteiger partial charge in [0.1, 0.15) is 0 Å². The van der Waals surface area contributed by atoms with Crippen LogP contribution in [0.4, 0.5) is 0 Å². The smallest absolute Gasteiger partial charge is 0.196 e. The largest absolute Gasteiger partial charge is 0.384 e. The van der Waals surface area contributed by atoms with Gasteiger partial charge in [-0.1, -0.05) is 30.0 Å². The van der Waals surface area contributed by atoms with Crippen molar-refractivity contribution < 1.29 is 4.74 Å². The van der Waals surface area contributed by atoms with Crippen LogP contribution in [0, 0.1) is 0 Å². The summed E-state index contributed by atoms with van der Waals surface area (Å²) in [6.07, 6.45) is 3.52. The summed E-state index contributed by atoms with van der Waals surface area (Å²) >= 11 is 1.63. The summed E-state index contributed by atoms with van der Waals surface area (Å²) in [6.45, 7) is 0.677. The molecule has 5 nitrogen and oxygen atoms in total. The van der Waals surface area contributed by atoms with E-state index in [4.69, 9.17) is 4.74 Å². The molecule has 2 aromatic heterocycles. The summed E-state index contributed by atoms with van der Waals surface area (Å²) in [6, 6.07) is 14.0. The maximum Gasteiger partial charge on any atom is 0.196 e. The zero-order valence-electron chi connectivity index (χ0n) is 12.2. The van der Waals surface area contributed by atoms with Gasteiger partial charge in [-0.3, -0.25) is 9.55 Å². The molecule has 0 spiro atoms. The normalized spacial score (nSPS) is 10.8. The van der Waals surface area contributed by atoms with E-state index >= 15 is 0 Å². The molecule has 0 aliphatic rings. The molecule has 0 amide bonds. The third kappa shape index (κ3) is 3.18. The number of methoxy groups -OCH3 is 1. The molecular weight excluding hydrogens is 296 g/mol. The molecule has 3 rings (SSSR count). The summed E-state index contributed by atoms with van der Waals surface area (Å²) in [7, 11) is 1.70. The van der Waals surface area contributed by atoms with E-state index in [1.54, 1.807) is 31.3 Å². The summed E-state index contributed by atoms with van der Waals surface area (Å²) in [5, 5.41) is 9.56. The molecule has 0 N–H and O–H groups in total. The molecule has 0 aliphatic heterocycles. The summed E-state index contributed by atoms with van der Waals surface area (Å²) in [4.78, 5) is 4.06. The van der Waals surface area contributed by atoms with E-state index in [9.17, 15) is 0 Å². The number of rotatable bonds is 6. The van der Waals surface area contributed by atoms with Crippen LogP contribution in [-0.4, -0.2) is 39.2 Å². The van der Waals surface area contributed by atoms with E-state index in [-0.39, 0.29) is 0 Å². The van der Waals surface area contributed by atoms with Gasteiger partial charge in [0.15, 0.2) is 11.0 Å². The van der Waals surface area contributed by atoms with Crippen molar-refractivity contribution in [1.29, 1.82) is 0 Å². The second-order valence-corrected chi connectivity index (χ2v) is 5.62. The van der Waals surface area contributed by atoms with E-state index in [0.29, 0.717) is 6.61 Å². The molecule has 0 atom stereocenters. The minimum atomic E-state index is 0.677. The van der Waals surface area contributed by atoms with Crippen LogP contribution in [-0.2, 0) is 4.74 Å². The number of benzene rings is 1. The van der Waals surface area contributed by atoms with Gasteiger partial charge < -0.3 is 4.74 Å². The van der Waals surface area contributed by atoms with Crippen molar-refractivity contribution >= 4 is 11.8 Å². The molecule has 1 aromatic carbocycles. The number of nitrogens with zero attached hydrogens (tertiary/aromatic N) is 4. The molecule has 6 heteroatoms. The zero-order valence-corrected chi connectivity index (χ0v) is 13.0. The number of ether oxygens (including phenoxy) is 1. The van der Waals surface area contributed by atoms with Crippen LogP contribution in [0.1, 0.15) is 0 Å². The molecule has 22 heavy (non-hydrogen) atoms. The highest BCUT2D eigenvalue weighted by Gasteiger charge is 2.15. The first-order chi connectivity index (χ1) is 10.9. The topological polar surface area (TPSA) is 52.8 Å². The second kappa shape index (κ2) is 7.20. The van der Waals surface area contributed by atoms with E-state index in [0.717, 1.165) is 28.0 Å². The van der Waals surface area contributed by atoms with Crippen molar-refractivity contribution in [1.82, 2.24) is 19.7 Å². The number of hydrogen-bond donors (Lipinski definition) is 0. The summed E-state index contributed by atoms with van der Waals surface area (Å²) in [5.41, 5.74) is 2.03. The lowest BCUT2D eigenvalue weighted by atomic mass is 10.2. The molecule has 0 saturated carbocycles. The molecular formula is C16H16N4OS. The standard InChI is InChI=1S/C16H16N4OS/c1-21-11-12-22-16-19-18-15(13-7-9-17-10-8-13)20(16)14-5-3-2-4-6-14/h2-10H,11-12H2,1H3. The van der Waals surface area contributed by atoms with Crippen molar-refractivity contribution in [2.24, 2.45) is 0 Å². The Labute approximate surface area is 133 Å². The monoisotopic (exact) mass is 312 g/mol. The molecule has 3 aromatic rings. The van der Waals surface area contributed by atoms with Crippen molar-refractivity contribution in [3.05, 3.63) is 54.9 Å². The first-order valence-corrected chi connectivity index (χ1v) is 7.91. The Morgan fingerprint density at radius 1 is 1.05 bits per heavy atom. The fraction of sp³-hybridized carbons (Fsp3) is 0.188. The number of aromatic nitrogens is 4. The minimum absolute atomic E-state index is 0.677. The highest BCUT2D eigenvalue weighted by atomic mass is 32.2. The molecule has 0 fully saturated rings. The first kappa shape index (κ1) is 14.7. The van der Waals surface area contributed by atoms with E-state index in [1.807, 2.05) is 30.3 Å².